The van der Waals surface area contributed by atoms with Crippen LogP contribution >= 0.6 is 39.0 Å². The highest BCUT2D eigenvalue weighted by atomic mass is 79.9. The maximum Gasteiger partial charge on any atom is 0.248 e. The van der Waals surface area contributed by atoms with Crippen molar-refractivity contribution in [1.29, 1.82) is 0 Å². The standard InChI is InChI=1S/C27H26BrFN4O4S2/c28-17-2-4-19(29)14(7-17)1-6-23(35)32-24-15-9-33(10-16(24)12-37-11-15)27(36)21-13-38-25(31-21)26-30-20-5-3-18(34)8-22(20)39-26/h2-5,7-8,15-16,21,24,34H,1,6,9-13H2,(H,32,35)/t15-,16-,21+/m0/s1. The van der Waals surface area contributed by atoms with Gasteiger partial charge in [0, 0.05) is 47.6 Å². The monoisotopic (exact) mass is 632 g/mol. The summed E-state index contributed by atoms with van der Waals surface area (Å²) in [7, 11) is 0. The zero-order valence-electron chi connectivity index (χ0n) is 20.8. The van der Waals surface area contributed by atoms with E-state index in [1.54, 1.807) is 30.3 Å². The summed E-state index contributed by atoms with van der Waals surface area (Å²) in [6.07, 6.45) is 0.505. The van der Waals surface area contributed by atoms with Gasteiger partial charge in [0.15, 0.2) is 0 Å². The lowest BCUT2D eigenvalue weighted by Gasteiger charge is -2.47. The van der Waals surface area contributed by atoms with Gasteiger partial charge < -0.3 is 20.1 Å². The van der Waals surface area contributed by atoms with Crippen LogP contribution in [0.15, 0.2) is 45.9 Å². The molecule has 2 N–H and O–H groups in total. The molecule has 2 bridgehead atoms. The lowest BCUT2D eigenvalue weighted by Crippen LogP contribution is -2.63. The Hall–Kier alpha value is -2.54. The topological polar surface area (TPSA) is 104 Å². The number of phenols is 1. The molecule has 8 nitrogen and oxygen atoms in total. The molecule has 2 fully saturated rings. The molecule has 0 spiro atoms. The van der Waals surface area contributed by atoms with Crippen molar-refractivity contribution in [3.63, 3.8) is 0 Å². The van der Waals surface area contributed by atoms with Gasteiger partial charge in [-0.2, -0.15) is 0 Å². The van der Waals surface area contributed by atoms with Gasteiger partial charge in [-0.1, -0.05) is 15.9 Å². The van der Waals surface area contributed by atoms with E-state index in [9.17, 15) is 19.1 Å². The number of amides is 2. The van der Waals surface area contributed by atoms with Gasteiger partial charge in [0.2, 0.25) is 11.8 Å². The summed E-state index contributed by atoms with van der Waals surface area (Å²) >= 11 is 6.33. The van der Waals surface area contributed by atoms with Crippen molar-refractivity contribution in [3.05, 3.63) is 57.3 Å². The number of aromatic nitrogens is 1. The average molecular weight is 634 g/mol. The molecule has 2 aromatic carbocycles. The highest BCUT2D eigenvalue weighted by molar-refractivity contribution is 9.10. The van der Waals surface area contributed by atoms with Crippen molar-refractivity contribution in [3.8, 4) is 5.75 Å². The van der Waals surface area contributed by atoms with Gasteiger partial charge in [0.05, 0.1) is 23.4 Å². The van der Waals surface area contributed by atoms with Gasteiger partial charge in [-0.3, -0.25) is 14.6 Å². The van der Waals surface area contributed by atoms with Crippen LogP contribution in [0.1, 0.15) is 17.0 Å². The maximum atomic E-state index is 14.1. The first-order valence-corrected chi connectivity index (χ1v) is 15.3. The number of benzene rings is 2. The predicted molar refractivity (Wildman–Crippen MR) is 153 cm³/mol. The van der Waals surface area contributed by atoms with Crippen LogP contribution in [0.4, 0.5) is 4.39 Å². The van der Waals surface area contributed by atoms with Crippen LogP contribution in [-0.2, 0) is 20.7 Å². The minimum atomic E-state index is -0.474. The second kappa shape index (κ2) is 11.1. The van der Waals surface area contributed by atoms with Gasteiger partial charge in [-0.15, -0.1) is 23.1 Å². The number of carbonyl (C=O) groups excluding carboxylic acids is 2. The Balaban J connectivity index is 1.08. The Bertz CT molecular complexity index is 1450. The number of thiazole rings is 1. The summed E-state index contributed by atoms with van der Waals surface area (Å²) in [6.45, 7) is 1.93. The van der Waals surface area contributed by atoms with Crippen LogP contribution < -0.4 is 5.32 Å². The minimum absolute atomic E-state index is 0.0111. The summed E-state index contributed by atoms with van der Waals surface area (Å²) in [4.78, 5) is 37.5. The van der Waals surface area contributed by atoms with Gasteiger partial charge in [-0.25, -0.2) is 9.37 Å². The predicted octanol–water partition coefficient (Wildman–Crippen LogP) is 3.99. The van der Waals surface area contributed by atoms with E-state index in [2.05, 4.69) is 26.2 Å². The van der Waals surface area contributed by atoms with Crippen LogP contribution in [0, 0.1) is 17.7 Å². The molecule has 3 aliphatic rings. The largest absolute Gasteiger partial charge is 0.508 e. The van der Waals surface area contributed by atoms with E-state index >= 15 is 0 Å². The number of fused-ring (bicyclic) bond motifs is 3. The van der Waals surface area contributed by atoms with Crippen molar-refractivity contribution in [2.24, 2.45) is 16.8 Å². The smallest absolute Gasteiger partial charge is 0.248 e. The highest BCUT2D eigenvalue weighted by Gasteiger charge is 2.44. The van der Waals surface area contributed by atoms with Gasteiger partial charge in [0.1, 0.15) is 27.7 Å². The molecule has 204 valence electrons. The molecular weight excluding hydrogens is 607 g/mol. The number of thioether (sulfide) groups is 1. The van der Waals surface area contributed by atoms with E-state index in [0.717, 1.165) is 24.7 Å². The molecular formula is C27H26BrFN4O4S2. The maximum absolute atomic E-state index is 14.1. The van der Waals surface area contributed by atoms with E-state index in [0.29, 0.717) is 44.0 Å². The SMILES string of the molecule is O=C(CCc1cc(Br)ccc1F)NC1[C@@H]2COC[C@@H]1CN(C(=O)[C@H]1CSC(c3nc4ccc(O)cc4s3)=N1)C2. The Morgan fingerprint density at radius 2 is 1.97 bits per heavy atom. The van der Waals surface area contributed by atoms with Crippen LogP contribution in [0.2, 0.25) is 0 Å². The molecule has 4 heterocycles. The molecule has 3 atom stereocenters. The number of aliphatic imine (C=N–C) groups is 1. The third kappa shape index (κ3) is 5.70. The van der Waals surface area contributed by atoms with Gasteiger partial charge in [-0.05, 0) is 48.4 Å². The first-order valence-electron chi connectivity index (χ1n) is 12.7. The van der Waals surface area contributed by atoms with Crippen LogP contribution in [-0.4, -0.2) is 76.0 Å². The lowest BCUT2D eigenvalue weighted by molar-refractivity contribution is -0.142. The van der Waals surface area contributed by atoms with Crippen LogP contribution in [0.5, 0.6) is 5.75 Å². The Labute approximate surface area is 241 Å². The number of ether oxygens (including phenoxy) is 1. The fourth-order valence-electron chi connectivity index (χ4n) is 5.43. The summed E-state index contributed by atoms with van der Waals surface area (Å²) in [5.41, 5.74) is 1.30. The number of nitrogens with one attached hydrogen (secondary N) is 1. The third-order valence-corrected chi connectivity index (χ3v) is 10.1. The molecule has 3 aliphatic heterocycles. The van der Waals surface area contributed by atoms with Gasteiger partial charge >= 0.3 is 0 Å². The second-order valence-corrected chi connectivity index (χ2v) is 13.0. The fraction of sp³-hybridized carbons (Fsp3) is 0.407. The third-order valence-electron chi connectivity index (χ3n) is 7.35. The van der Waals surface area contributed by atoms with E-state index in [-0.39, 0.29) is 47.7 Å². The zero-order valence-corrected chi connectivity index (χ0v) is 24.0. The molecule has 0 saturated carbocycles. The summed E-state index contributed by atoms with van der Waals surface area (Å²) < 4.78 is 21.5. The molecule has 3 aromatic rings. The highest BCUT2D eigenvalue weighted by Crippen LogP contribution is 2.33. The van der Waals surface area contributed by atoms with Crippen molar-refractivity contribution in [2.45, 2.75) is 24.9 Å². The normalized spacial score (nSPS) is 24.6. The summed E-state index contributed by atoms with van der Waals surface area (Å²) in [5, 5.41) is 14.4. The molecule has 2 amide bonds. The number of likely N-dealkylation sites (tertiary alicyclic amines) is 1. The van der Waals surface area contributed by atoms with Gasteiger partial charge in [0.25, 0.3) is 0 Å². The molecule has 39 heavy (non-hydrogen) atoms. The van der Waals surface area contributed by atoms with Crippen molar-refractivity contribution >= 4 is 66.1 Å². The molecule has 0 aliphatic carbocycles. The zero-order chi connectivity index (χ0) is 27.1. The number of hydrogen-bond donors (Lipinski definition) is 2. The number of aromatic hydroxyl groups is 1. The molecule has 6 rings (SSSR count). The number of halogens is 2. The second-order valence-electron chi connectivity index (χ2n) is 10.1. The minimum Gasteiger partial charge on any atom is -0.508 e. The molecule has 0 radical (unpaired) electrons. The first-order chi connectivity index (χ1) is 18.8. The van der Waals surface area contributed by atoms with E-state index in [1.807, 2.05) is 4.90 Å². The van der Waals surface area contributed by atoms with Crippen molar-refractivity contribution < 1.29 is 23.8 Å². The van der Waals surface area contributed by atoms with E-state index in [4.69, 9.17) is 9.73 Å². The van der Waals surface area contributed by atoms with Crippen molar-refractivity contribution in [1.82, 2.24) is 15.2 Å². The Kier molecular flexibility index (Phi) is 7.62. The Morgan fingerprint density at radius 3 is 2.77 bits per heavy atom. The fourth-order valence-corrected chi connectivity index (χ4v) is 7.93. The van der Waals surface area contributed by atoms with E-state index in [1.165, 1.54) is 29.2 Å². The summed E-state index contributed by atoms with van der Waals surface area (Å²) in [6, 6.07) is 9.24. The Morgan fingerprint density at radius 1 is 1.18 bits per heavy atom. The van der Waals surface area contributed by atoms with Crippen LogP contribution in [0.3, 0.4) is 0 Å². The average Bonchev–Trinajstić information content (AvgIpc) is 3.56. The molecule has 0 unspecified atom stereocenters. The number of phenolic OH excluding ortho intramolecular Hbond substituents is 1. The van der Waals surface area contributed by atoms with E-state index < -0.39 is 6.04 Å². The number of hydrogen-bond acceptors (Lipinski definition) is 8. The number of rotatable bonds is 6. The number of piperidine rings is 1. The quantitative estimate of drug-likeness (QED) is 0.426. The first kappa shape index (κ1) is 26.7. The molecule has 2 saturated heterocycles. The number of aryl methyl sites for hydroxylation is 1. The lowest BCUT2D eigenvalue weighted by atomic mass is 9.82. The van der Waals surface area contributed by atoms with Crippen molar-refractivity contribution in [2.75, 3.05) is 32.1 Å². The number of carbonyl (C=O) groups is 2. The molecule has 12 heteroatoms. The number of nitrogens with zero attached hydrogens (tertiary/aromatic N) is 3. The molecule has 1 aromatic heterocycles. The summed E-state index contributed by atoms with van der Waals surface area (Å²) in [5.74, 6) is 0.277. The van der Waals surface area contributed by atoms with Crippen LogP contribution in [0.25, 0.3) is 10.2 Å².